The topological polar surface area (TPSA) is 62.9 Å². The highest BCUT2D eigenvalue weighted by atomic mass is 35.5. The molecule has 0 N–H and O–H groups in total. The van der Waals surface area contributed by atoms with Crippen LogP contribution < -0.4 is 0 Å². The first-order valence-electron chi connectivity index (χ1n) is 7.47. The lowest BCUT2D eigenvalue weighted by Gasteiger charge is -2.17. The molecular weight excluding hydrogens is 302 g/mol. The number of carbonyl (C=O) groups is 1. The minimum atomic E-state index is -0.378. The van der Waals surface area contributed by atoms with Gasteiger partial charge >= 0.3 is 0 Å². The lowest BCUT2D eigenvalue weighted by atomic mass is 10.0. The number of likely N-dealkylation sites (tertiary alicyclic amines) is 1. The predicted octanol–water partition coefficient (Wildman–Crippen LogP) is 2.67. The molecule has 2 aliphatic heterocycles. The van der Waals surface area contributed by atoms with Crippen LogP contribution in [0, 0.1) is 12.3 Å². The van der Waals surface area contributed by atoms with Gasteiger partial charge in [0.25, 0.3) is 0 Å². The molecule has 0 unspecified atom stereocenters. The molecule has 116 valence electrons. The molecule has 1 fully saturated rings. The van der Waals surface area contributed by atoms with Crippen molar-refractivity contribution in [2.24, 2.45) is 10.2 Å². The first kappa shape index (κ1) is 15.0. The fourth-order valence-corrected chi connectivity index (χ4v) is 2.98. The van der Waals surface area contributed by atoms with E-state index in [0.717, 1.165) is 19.4 Å². The van der Waals surface area contributed by atoms with Gasteiger partial charge in [-0.05, 0) is 6.42 Å². The van der Waals surface area contributed by atoms with Crippen molar-refractivity contribution in [1.29, 1.82) is 0 Å². The number of rotatable bonds is 6. The van der Waals surface area contributed by atoms with Crippen molar-refractivity contribution in [2.75, 3.05) is 13.1 Å². The molecule has 0 bridgehead atoms. The monoisotopic (exact) mass is 319 g/mol. The Bertz CT molecular complexity index is 626. The third-order valence-electron chi connectivity index (χ3n) is 4.25. The highest BCUT2D eigenvalue weighted by Gasteiger charge is 2.40. The SMILES string of the molecule is C#CCCC1(CCC(=O)N2CC[C@H](n3cc(Cl)cn3)C2)N=N1. The molecule has 2 aliphatic rings. The molecule has 1 atom stereocenters. The quantitative estimate of drug-likeness (QED) is 0.757. The van der Waals surface area contributed by atoms with Crippen molar-refractivity contribution >= 4 is 17.5 Å². The van der Waals surface area contributed by atoms with Crippen LogP contribution in [0.15, 0.2) is 22.6 Å². The van der Waals surface area contributed by atoms with Crippen molar-refractivity contribution in [2.45, 2.75) is 43.8 Å². The molecule has 0 spiro atoms. The van der Waals surface area contributed by atoms with E-state index in [9.17, 15) is 4.79 Å². The van der Waals surface area contributed by atoms with Crippen molar-refractivity contribution in [3.8, 4) is 12.3 Å². The summed E-state index contributed by atoms with van der Waals surface area (Å²) in [6.45, 7) is 1.44. The summed E-state index contributed by atoms with van der Waals surface area (Å²) < 4.78 is 1.84. The van der Waals surface area contributed by atoms with Crippen LogP contribution >= 0.6 is 11.6 Å². The molecule has 0 aliphatic carbocycles. The Balaban J connectivity index is 1.47. The summed E-state index contributed by atoms with van der Waals surface area (Å²) in [6.07, 6.45) is 12.1. The molecule has 3 heterocycles. The van der Waals surface area contributed by atoms with E-state index in [2.05, 4.69) is 21.2 Å². The average Bonchev–Trinajstić information content (AvgIpc) is 2.91. The summed E-state index contributed by atoms with van der Waals surface area (Å²) in [4.78, 5) is 14.2. The maximum Gasteiger partial charge on any atom is 0.222 e. The predicted molar refractivity (Wildman–Crippen MR) is 82.4 cm³/mol. The van der Waals surface area contributed by atoms with Crippen molar-refractivity contribution in [3.05, 3.63) is 17.4 Å². The standard InChI is InChI=1S/C15H18ClN5O/c1-2-3-6-15(18-19-15)7-4-14(22)20-8-5-13(11-20)21-10-12(16)9-17-21/h1,9-10,13H,3-8,11H2/t13-/m0/s1. The van der Waals surface area contributed by atoms with Gasteiger partial charge in [0.1, 0.15) is 0 Å². The van der Waals surface area contributed by atoms with Crippen LogP contribution in [0.4, 0.5) is 0 Å². The van der Waals surface area contributed by atoms with Gasteiger partial charge in [-0.25, -0.2) is 0 Å². The minimum Gasteiger partial charge on any atom is -0.340 e. The lowest BCUT2D eigenvalue weighted by Crippen LogP contribution is -2.30. The van der Waals surface area contributed by atoms with E-state index in [1.807, 2.05) is 9.58 Å². The van der Waals surface area contributed by atoms with E-state index in [1.54, 1.807) is 12.4 Å². The molecule has 7 heteroatoms. The Labute approximate surface area is 134 Å². The molecule has 0 saturated carbocycles. The van der Waals surface area contributed by atoms with Gasteiger partial charge in [0.05, 0.1) is 17.3 Å². The zero-order valence-corrected chi connectivity index (χ0v) is 13.0. The number of amides is 1. The zero-order chi connectivity index (χ0) is 15.6. The van der Waals surface area contributed by atoms with Gasteiger partial charge in [0.2, 0.25) is 5.91 Å². The Morgan fingerprint density at radius 3 is 2.95 bits per heavy atom. The number of nitrogens with zero attached hydrogens (tertiary/aromatic N) is 5. The molecule has 1 aromatic heterocycles. The van der Waals surface area contributed by atoms with E-state index < -0.39 is 0 Å². The Hall–Kier alpha value is -1.87. The second kappa shape index (κ2) is 6.09. The zero-order valence-electron chi connectivity index (χ0n) is 12.3. The molecule has 3 rings (SSSR count). The van der Waals surface area contributed by atoms with Crippen LogP contribution in [0.5, 0.6) is 0 Å². The number of aromatic nitrogens is 2. The Morgan fingerprint density at radius 1 is 1.50 bits per heavy atom. The first-order valence-corrected chi connectivity index (χ1v) is 7.85. The fourth-order valence-electron chi connectivity index (χ4n) is 2.83. The van der Waals surface area contributed by atoms with Crippen LogP contribution in [0.25, 0.3) is 0 Å². The lowest BCUT2D eigenvalue weighted by molar-refractivity contribution is -0.130. The number of carbonyl (C=O) groups excluding carboxylic acids is 1. The molecule has 1 amide bonds. The van der Waals surface area contributed by atoms with Gasteiger partial charge in [-0.3, -0.25) is 9.48 Å². The molecule has 22 heavy (non-hydrogen) atoms. The highest BCUT2D eigenvalue weighted by molar-refractivity contribution is 6.30. The summed E-state index contributed by atoms with van der Waals surface area (Å²) in [5.74, 6) is 2.75. The van der Waals surface area contributed by atoms with Gasteiger partial charge in [0.15, 0.2) is 5.66 Å². The first-order chi connectivity index (χ1) is 10.6. The number of hydrogen-bond donors (Lipinski definition) is 0. The fraction of sp³-hybridized carbons (Fsp3) is 0.600. The smallest absolute Gasteiger partial charge is 0.222 e. The summed E-state index contributed by atoms with van der Waals surface area (Å²) in [5, 5.41) is 13.0. The van der Waals surface area contributed by atoms with E-state index in [4.69, 9.17) is 18.0 Å². The number of terminal acetylenes is 1. The minimum absolute atomic E-state index is 0.151. The van der Waals surface area contributed by atoms with Crippen LogP contribution in [0.1, 0.15) is 38.1 Å². The summed E-state index contributed by atoms with van der Waals surface area (Å²) in [7, 11) is 0. The van der Waals surface area contributed by atoms with Gasteiger partial charge in [0, 0.05) is 45.0 Å². The molecule has 0 aromatic carbocycles. The van der Waals surface area contributed by atoms with Gasteiger partial charge < -0.3 is 4.90 Å². The molecule has 0 radical (unpaired) electrons. The number of hydrogen-bond acceptors (Lipinski definition) is 4. The Morgan fingerprint density at radius 2 is 2.32 bits per heavy atom. The maximum atomic E-state index is 12.3. The van der Waals surface area contributed by atoms with Crippen LogP contribution in [0.2, 0.25) is 5.02 Å². The van der Waals surface area contributed by atoms with E-state index >= 15 is 0 Å². The normalized spacial score (nSPS) is 21.8. The third kappa shape index (κ3) is 3.30. The largest absolute Gasteiger partial charge is 0.340 e. The summed E-state index contributed by atoms with van der Waals surface area (Å²) >= 11 is 5.89. The van der Waals surface area contributed by atoms with Gasteiger partial charge in [-0.15, -0.1) is 12.3 Å². The molecule has 6 nitrogen and oxygen atoms in total. The number of halogens is 1. The maximum absolute atomic E-state index is 12.3. The Kier molecular flexibility index (Phi) is 4.16. The van der Waals surface area contributed by atoms with Crippen molar-refractivity contribution < 1.29 is 4.79 Å². The van der Waals surface area contributed by atoms with Gasteiger partial charge in [-0.1, -0.05) is 11.6 Å². The van der Waals surface area contributed by atoms with E-state index in [-0.39, 0.29) is 17.6 Å². The third-order valence-corrected chi connectivity index (χ3v) is 4.45. The van der Waals surface area contributed by atoms with Crippen LogP contribution in [-0.4, -0.2) is 39.3 Å². The highest BCUT2D eigenvalue weighted by Crippen LogP contribution is 2.38. The second-order valence-electron chi connectivity index (χ2n) is 5.81. The van der Waals surface area contributed by atoms with Crippen molar-refractivity contribution in [3.63, 3.8) is 0 Å². The average molecular weight is 320 g/mol. The second-order valence-corrected chi connectivity index (χ2v) is 6.24. The molecule has 1 saturated heterocycles. The summed E-state index contributed by atoms with van der Waals surface area (Å²) in [6, 6.07) is 0.210. The van der Waals surface area contributed by atoms with Crippen molar-refractivity contribution in [1.82, 2.24) is 14.7 Å². The molecule has 1 aromatic rings. The summed E-state index contributed by atoms with van der Waals surface area (Å²) in [5.41, 5.74) is -0.378. The van der Waals surface area contributed by atoms with E-state index in [0.29, 0.717) is 30.8 Å². The van der Waals surface area contributed by atoms with E-state index in [1.165, 1.54) is 0 Å². The van der Waals surface area contributed by atoms with Crippen LogP contribution in [0.3, 0.4) is 0 Å². The van der Waals surface area contributed by atoms with Gasteiger partial charge in [-0.2, -0.15) is 15.3 Å². The molecular formula is C15H18ClN5O. The van der Waals surface area contributed by atoms with Crippen LogP contribution in [-0.2, 0) is 4.79 Å².